The average molecular weight is 342 g/mol. The highest BCUT2D eigenvalue weighted by Gasteiger charge is 2.34. The zero-order valence-electron chi connectivity index (χ0n) is 10.5. The van der Waals surface area contributed by atoms with Gasteiger partial charge in [-0.15, -0.1) is 0 Å². The van der Waals surface area contributed by atoms with Gasteiger partial charge in [0.05, 0.1) is 17.5 Å². The summed E-state index contributed by atoms with van der Waals surface area (Å²) in [6.45, 7) is 0. The Labute approximate surface area is 123 Å². The van der Waals surface area contributed by atoms with Crippen molar-refractivity contribution in [3.05, 3.63) is 40.6 Å². The van der Waals surface area contributed by atoms with Crippen LogP contribution in [0.25, 0.3) is 0 Å². The molecule has 6 heteroatoms. The number of para-hydroxylation sites is 1. The van der Waals surface area contributed by atoms with E-state index in [1.165, 1.54) is 12.1 Å². The molecule has 20 heavy (non-hydrogen) atoms. The lowest BCUT2D eigenvalue weighted by atomic mass is 9.82. The van der Waals surface area contributed by atoms with Crippen molar-refractivity contribution in [1.82, 2.24) is 0 Å². The largest absolute Gasteiger partial charge is 0.481 e. The second-order valence-corrected chi connectivity index (χ2v) is 5.43. The van der Waals surface area contributed by atoms with Gasteiger partial charge in [-0.3, -0.25) is 9.59 Å². The fourth-order valence-corrected chi connectivity index (χ4v) is 2.65. The second kappa shape index (κ2) is 6.17. The molecule has 0 saturated heterocycles. The summed E-state index contributed by atoms with van der Waals surface area (Å²) in [6.07, 6.45) is 4.18. The van der Waals surface area contributed by atoms with Gasteiger partial charge in [-0.05, 0) is 40.9 Å². The van der Waals surface area contributed by atoms with Crippen molar-refractivity contribution >= 4 is 33.5 Å². The smallest absolute Gasteiger partial charge is 0.307 e. The molecule has 4 nitrogen and oxygen atoms in total. The van der Waals surface area contributed by atoms with Gasteiger partial charge in [0.15, 0.2) is 0 Å². The van der Waals surface area contributed by atoms with Crippen molar-refractivity contribution in [2.75, 3.05) is 5.32 Å². The molecule has 0 aliphatic heterocycles. The first-order valence-electron chi connectivity index (χ1n) is 6.13. The predicted octanol–water partition coefficient (Wildman–Crippen LogP) is 3.19. The van der Waals surface area contributed by atoms with Crippen LogP contribution in [0.1, 0.15) is 12.8 Å². The Hall–Kier alpha value is -1.69. The van der Waals surface area contributed by atoms with Crippen LogP contribution in [-0.2, 0) is 9.59 Å². The number of carboxylic acids is 1. The number of carbonyl (C=O) groups is 2. The van der Waals surface area contributed by atoms with E-state index in [-0.39, 0.29) is 5.69 Å². The lowest BCUT2D eigenvalue weighted by Crippen LogP contribution is -2.35. The highest BCUT2D eigenvalue weighted by molar-refractivity contribution is 9.10. The fourth-order valence-electron chi connectivity index (χ4n) is 2.21. The Morgan fingerprint density at radius 1 is 1.25 bits per heavy atom. The summed E-state index contributed by atoms with van der Waals surface area (Å²) in [6, 6.07) is 4.35. The molecule has 1 aromatic rings. The Bertz CT molecular complexity index is 553. The number of rotatable bonds is 3. The second-order valence-electron chi connectivity index (χ2n) is 4.58. The van der Waals surface area contributed by atoms with Gasteiger partial charge in [0.25, 0.3) is 0 Å². The molecule has 0 spiro atoms. The summed E-state index contributed by atoms with van der Waals surface area (Å²) in [7, 11) is 0. The summed E-state index contributed by atoms with van der Waals surface area (Å²) < 4.78 is 14.1. The molecule has 0 saturated carbocycles. The van der Waals surface area contributed by atoms with Gasteiger partial charge >= 0.3 is 5.97 Å². The van der Waals surface area contributed by atoms with Gasteiger partial charge in [-0.2, -0.15) is 0 Å². The zero-order valence-corrected chi connectivity index (χ0v) is 12.1. The van der Waals surface area contributed by atoms with Crippen LogP contribution in [0.5, 0.6) is 0 Å². The van der Waals surface area contributed by atoms with Gasteiger partial charge in [0, 0.05) is 4.47 Å². The topological polar surface area (TPSA) is 66.4 Å². The number of carbonyl (C=O) groups excluding carboxylic acids is 1. The molecule has 0 unspecified atom stereocenters. The van der Waals surface area contributed by atoms with E-state index >= 15 is 0 Å². The molecule has 2 rings (SSSR count). The van der Waals surface area contributed by atoms with E-state index < -0.39 is 29.5 Å². The zero-order chi connectivity index (χ0) is 14.7. The fraction of sp³-hybridized carbons (Fsp3) is 0.286. The van der Waals surface area contributed by atoms with Crippen LogP contribution < -0.4 is 5.32 Å². The highest BCUT2D eigenvalue weighted by atomic mass is 79.9. The standard InChI is InChI=1S/C14H13BrFNO3/c15-10-6-3-7-11(16)12(10)17-13(18)8-4-1-2-5-9(8)14(19)20/h1-3,6-9H,4-5H2,(H,17,18)(H,19,20)/t8-,9+/m1/s1. The molecule has 0 heterocycles. The molecule has 0 bridgehead atoms. The Morgan fingerprint density at radius 2 is 1.90 bits per heavy atom. The maximum atomic E-state index is 13.7. The van der Waals surface area contributed by atoms with E-state index in [0.717, 1.165) is 0 Å². The monoisotopic (exact) mass is 341 g/mol. The van der Waals surface area contributed by atoms with Crippen LogP contribution in [0.2, 0.25) is 0 Å². The van der Waals surface area contributed by atoms with Crippen LogP contribution in [0.15, 0.2) is 34.8 Å². The van der Waals surface area contributed by atoms with Crippen LogP contribution in [-0.4, -0.2) is 17.0 Å². The molecular formula is C14H13BrFNO3. The number of allylic oxidation sites excluding steroid dienone is 2. The van der Waals surface area contributed by atoms with Gasteiger partial charge < -0.3 is 10.4 Å². The van der Waals surface area contributed by atoms with E-state index in [4.69, 9.17) is 5.11 Å². The molecule has 2 atom stereocenters. The molecule has 106 valence electrons. The molecule has 2 N–H and O–H groups in total. The normalized spacial score (nSPS) is 21.5. The number of carboxylic acid groups (broad SMARTS) is 1. The highest BCUT2D eigenvalue weighted by Crippen LogP contribution is 2.30. The van der Waals surface area contributed by atoms with Crippen molar-refractivity contribution in [2.24, 2.45) is 11.8 Å². The summed E-state index contributed by atoms with van der Waals surface area (Å²) in [5.41, 5.74) is 0.0381. The first-order valence-corrected chi connectivity index (χ1v) is 6.92. The first-order chi connectivity index (χ1) is 9.50. The number of anilines is 1. The number of halogens is 2. The van der Waals surface area contributed by atoms with Crippen molar-refractivity contribution < 1.29 is 19.1 Å². The molecule has 1 aromatic carbocycles. The third-order valence-electron chi connectivity index (χ3n) is 3.30. The van der Waals surface area contributed by atoms with Crippen molar-refractivity contribution in [1.29, 1.82) is 0 Å². The molecule has 0 radical (unpaired) electrons. The van der Waals surface area contributed by atoms with Crippen LogP contribution >= 0.6 is 15.9 Å². The molecule has 1 aliphatic carbocycles. The summed E-state index contributed by atoms with van der Waals surface area (Å²) in [4.78, 5) is 23.3. The Kier molecular flexibility index (Phi) is 4.54. The van der Waals surface area contributed by atoms with Crippen molar-refractivity contribution in [3.63, 3.8) is 0 Å². The van der Waals surface area contributed by atoms with Gasteiger partial charge in [-0.25, -0.2) is 4.39 Å². The number of aliphatic carboxylic acids is 1. The number of hydrogen-bond donors (Lipinski definition) is 2. The maximum absolute atomic E-state index is 13.7. The number of amides is 1. The van der Waals surface area contributed by atoms with Gasteiger partial charge in [0.1, 0.15) is 5.82 Å². The minimum atomic E-state index is -1.01. The number of nitrogens with one attached hydrogen (secondary N) is 1. The average Bonchev–Trinajstić information content (AvgIpc) is 2.43. The SMILES string of the molecule is O=C(O)[C@H]1CC=CC[C@H]1C(=O)Nc1c(F)cccc1Br. The number of benzene rings is 1. The number of hydrogen-bond acceptors (Lipinski definition) is 2. The summed E-state index contributed by atoms with van der Waals surface area (Å²) in [5, 5.41) is 11.6. The quantitative estimate of drug-likeness (QED) is 0.829. The predicted molar refractivity (Wildman–Crippen MR) is 75.7 cm³/mol. The third-order valence-corrected chi connectivity index (χ3v) is 3.96. The summed E-state index contributed by atoms with van der Waals surface area (Å²) >= 11 is 3.16. The molecule has 0 fully saturated rings. The molecule has 1 amide bonds. The van der Waals surface area contributed by atoms with Crippen LogP contribution in [0.3, 0.4) is 0 Å². The lowest BCUT2D eigenvalue weighted by Gasteiger charge is -2.24. The van der Waals surface area contributed by atoms with E-state index in [0.29, 0.717) is 17.3 Å². The minimum absolute atomic E-state index is 0.0381. The van der Waals surface area contributed by atoms with Crippen LogP contribution in [0.4, 0.5) is 10.1 Å². The third kappa shape index (κ3) is 3.07. The summed E-state index contributed by atoms with van der Waals surface area (Å²) in [5.74, 6) is -3.52. The Morgan fingerprint density at radius 3 is 2.50 bits per heavy atom. The van der Waals surface area contributed by atoms with E-state index in [1.807, 2.05) is 0 Å². The maximum Gasteiger partial charge on any atom is 0.307 e. The Balaban J connectivity index is 2.19. The minimum Gasteiger partial charge on any atom is -0.481 e. The van der Waals surface area contributed by atoms with E-state index in [1.54, 1.807) is 18.2 Å². The van der Waals surface area contributed by atoms with E-state index in [9.17, 15) is 14.0 Å². The first kappa shape index (κ1) is 14.7. The van der Waals surface area contributed by atoms with Crippen LogP contribution in [0, 0.1) is 17.7 Å². The molecule has 0 aromatic heterocycles. The van der Waals surface area contributed by atoms with Gasteiger partial charge in [0.2, 0.25) is 5.91 Å². The van der Waals surface area contributed by atoms with E-state index in [2.05, 4.69) is 21.2 Å². The van der Waals surface area contributed by atoms with Crippen molar-refractivity contribution in [3.8, 4) is 0 Å². The molecule has 1 aliphatic rings. The van der Waals surface area contributed by atoms with Crippen molar-refractivity contribution in [2.45, 2.75) is 12.8 Å². The van der Waals surface area contributed by atoms with Gasteiger partial charge in [-0.1, -0.05) is 18.2 Å². The lowest BCUT2D eigenvalue weighted by molar-refractivity contribution is -0.146. The molecular weight excluding hydrogens is 329 g/mol.